The molecule has 0 aliphatic heterocycles. The quantitative estimate of drug-likeness (QED) is 0.443. The molecule has 1 heteroatoms. The lowest BCUT2D eigenvalue weighted by atomic mass is 9.72. The zero-order valence-electron chi connectivity index (χ0n) is 20.6. The van der Waals surface area contributed by atoms with E-state index >= 15 is 0 Å². The minimum Gasteiger partial charge on any atom is -0.200 e. The van der Waals surface area contributed by atoms with E-state index in [1.165, 1.54) is 49.7 Å². The second kappa shape index (κ2) is 7.13. The normalized spacial score (nSPS) is 19.4. The molecule has 1 spiro atoms. The summed E-state index contributed by atoms with van der Waals surface area (Å²) < 4.78 is 26.9. The van der Waals surface area contributed by atoms with Gasteiger partial charge in [-0.1, -0.05) is 55.7 Å². The number of benzene rings is 2. The predicted molar refractivity (Wildman–Crippen MR) is 121 cm³/mol. The Kier molecular flexibility index (Phi) is 3.79. The van der Waals surface area contributed by atoms with Crippen molar-refractivity contribution in [2.24, 2.45) is 12.5 Å². The summed E-state index contributed by atoms with van der Waals surface area (Å²) in [5.41, 5.74) is 8.75. The van der Waals surface area contributed by atoms with Gasteiger partial charge >= 0.3 is 0 Å². The van der Waals surface area contributed by atoms with E-state index in [0.717, 1.165) is 34.4 Å². The van der Waals surface area contributed by atoms with Crippen molar-refractivity contribution in [1.29, 1.82) is 0 Å². The van der Waals surface area contributed by atoms with Gasteiger partial charge in [0.1, 0.15) is 7.05 Å². The van der Waals surface area contributed by atoms with Gasteiger partial charge in [0.25, 0.3) is 0 Å². The van der Waals surface area contributed by atoms with Crippen molar-refractivity contribution < 1.29 is 8.68 Å². The minimum absolute atomic E-state index is 0.430. The molecule has 0 radical (unpaired) electrons. The van der Waals surface area contributed by atoms with Gasteiger partial charge in [-0.25, -0.2) is 4.57 Å². The van der Waals surface area contributed by atoms with Crippen LogP contribution in [0.15, 0.2) is 54.7 Å². The SMILES string of the molecule is [2H]C([2H])([2H])c1cc(-c2ccccc2C)[n+](C)cc1-c1ccc2c(c1)CC1(CCCCC1)C2. The Bertz CT molecular complexity index is 1170. The second-order valence-electron chi connectivity index (χ2n) is 9.31. The van der Waals surface area contributed by atoms with Crippen LogP contribution in [0.1, 0.15) is 58.5 Å². The van der Waals surface area contributed by atoms with E-state index in [0.29, 0.717) is 11.0 Å². The number of hydrogen-bond acceptors (Lipinski definition) is 0. The summed E-state index contributed by atoms with van der Waals surface area (Å²) in [6.45, 7) is -0.107. The highest BCUT2D eigenvalue weighted by molar-refractivity contribution is 5.70. The van der Waals surface area contributed by atoms with E-state index in [2.05, 4.69) is 41.8 Å². The number of hydrogen-bond donors (Lipinski definition) is 0. The fourth-order valence-corrected chi connectivity index (χ4v) is 5.66. The molecule has 0 atom stereocenters. The molecule has 29 heavy (non-hydrogen) atoms. The number of aromatic nitrogens is 1. The number of fused-ring (bicyclic) bond motifs is 1. The van der Waals surface area contributed by atoms with Crippen LogP contribution in [0, 0.1) is 19.2 Å². The minimum atomic E-state index is -2.18. The molecule has 1 heterocycles. The molecular formula is C28H32N+. The number of aryl methyl sites for hydroxylation is 3. The van der Waals surface area contributed by atoms with Gasteiger partial charge in [0.05, 0.1) is 0 Å². The van der Waals surface area contributed by atoms with Crippen LogP contribution in [0.5, 0.6) is 0 Å². The third-order valence-corrected chi connectivity index (χ3v) is 7.26. The Morgan fingerprint density at radius 2 is 1.66 bits per heavy atom. The van der Waals surface area contributed by atoms with Crippen molar-refractivity contribution in [3.8, 4) is 22.4 Å². The molecule has 0 N–H and O–H groups in total. The molecule has 2 aromatic carbocycles. The summed E-state index contributed by atoms with van der Waals surface area (Å²) in [7, 11) is 2.01. The molecule has 5 rings (SSSR count). The highest BCUT2D eigenvalue weighted by atomic mass is 14.9. The second-order valence-corrected chi connectivity index (χ2v) is 9.31. The maximum atomic E-state index is 8.28. The monoisotopic (exact) mass is 385 g/mol. The van der Waals surface area contributed by atoms with Crippen molar-refractivity contribution in [3.63, 3.8) is 0 Å². The van der Waals surface area contributed by atoms with Gasteiger partial charge in [-0.15, -0.1) is 0 Å². The van der Waals surface area contributed by atoms with Gasteiger partial charge in [-0.05, 0) is 78.8 Å². The first-order valence-corrected chi connectivity index (χ1v) is 11.0. The Balaban J connectivity index is 1.60. The lowest BCUT2D eigenvalue weighted by molar-refractivity contribution is -0.660. The van der Waals surface area contributed by atoms with E-state index in [4.69, 9.17) is 4.11 Å². The Morgan fingerprint density at radius 3 is 2.45 bits per heavy atom. The first-order chi connectivity index (χ1) is 15.3. The van der Waals surface area contributed by atoms with Crippen LogP contribution >= 0.6 is 0 Å². The van der Waals surface area contributed by atoms with Crippen molar-refractivity contribution in [3.05, 3.63) is 77.0 Å². The Morgan fingerprint density at radius 1 is 0.862 bits per heavy atom. The Labute approximate surface area is 179 Å². The van der Waals surface area contributed by atoms with Crippen molar-refractivity contribution in [2.45, 2.75) is 58.7 Å². The molecule has 148 valence electrons. The molecule has 1 nitrogen and oxygen atoms in total. The summed E-state index contributed by atoms with van der Waals surface area (Å²) >= 11 is 0. The van der Waals surface area contributed by atoms with Crippen LogP contribution in [0.2, 0.25) is 0 Å². The van der Waals surface area contributed by atoms with Crippen LogP contribution in [-0.2, 0) is 19.9 Å². The summed E-state index contributed by atoms with van der Waals surface area (Å²) in [5, 5.41) is 0. The average Bonchev–Trinajstić information content (AvgIpc) is 3.10. The number of nitrogens with zero attached hydrogens (tertiary/aromatic N) is 1. The molecule has 1 aromatic heterocycles. The standard InChI is InChI=1S/C28H32N/c1-20-9-5-6-10-25(20)27-15-21(2)26(19-29(27)3)22-11-12-23-17-28(18-24(23)16-22)13-7-4-8-14-28/h5-6,9-12,15-16,19H,4,7-8,13-14,17-18H2,1-3H3/q+1/i2D3. The molecule has 0 amide bonds. The maximum absolute atomic E-state index is 8.28. The van der Waals surface area contributed by atoms with Gasteiger partial charge in [-0.2, -0.15) is 0 Å². The van der Waals surface area contributed by atoms with Crippen LogP contribution in [0.4, 0.5) is 0 Å². The van der Waals surface area contributed by atoms with Crippen LogP contribution in [-0.4, -0.2) is 0 Å². The van der Waals surface area contributed by atoms with E-state index in [9.17, 15) is 0 Å². The number of pyridine rings is 1. The van der Waals surface area contributed by atoms with E-state index < -0.39 is 6.85 Å². The van der Waals surface area contributed by atoms with E-state index in [1.807, 2.05) is 31.4 Å². The third-order valence-electron chi connectivity index (χ3n) is 7.26. The van der Waals surface area contributed by atoms with Crippen molar-refractivity contribution in [1.82, 2.24) is 0 Å². The summed E-state index contributed by atoms with van der Waals surface area (Å²) in [6, 6.07) is 16.7. The van der Waals surface area contributed by atoms with Crippen molar-refractivity contribution >= 4 is 0 Å². The first kappa shape index (κ1) is 15.4. The van der Waals surface area contributed by atoms with Gasteiger partial charge < -0.3 is 0 Å². The summed E-state index contributed by atoms with van der Waals surface area (Å²) in [4.78, 5) is 0. The molecule has 0 unspecified atom stereocenters. The molecule has 2 aliphatic carbocycles. The lowest BCUT2D eigenvalue weighted by Crippen LogP contribution is -2.31. The predicted octanol–water partition coefficient (Wildman–Crippen LogP) is 6.51. The summed E-state index contributed by atoms with van der Waals surface area (Å²) in [6.07, 6.45) is 11.1. The van der Waals surface area contributed by atoms with Crippen LogP contribution in [0.25, 0.3) is 22.4 Å². The van der Waals surface area contributed by atoms with Gasteiger partial charge in [-0.3, -0.25) is 0 Å². The number of rotatable bonds is 2. The van der Waals surface area contributed by atoms with E-state index in [-0.39, 0.29) is 0 Å². The molecule has 2 aliphatic rings. The molecule has 1 saturated carbocycles. The molecule has 0 bridgehead atoms. The zero-order chi connectivity index (χ0) is 22.5. The van der Waals surface area contributed by atoms with E-state index in [1.54, 1.807) is 0 Å². The molecule has 3 aromatic rings. The average molecular weight is 386 g/mol. The maximum Gasteiger partial charge on any atom is 0.212 e. The topological polar surface area (TPSA) is 3.88 Å². The fourth-order valence-electron chi connectivity index (χ4n) is 5.66. The smallest absolute Gasteiger partial charge is 0.200 e. The molecule has 0 saturated heterocycles. The highest BCUT2D eigenvalue weighted by Gasteiger charge is 2.38. The van der Waals surface area contributed by atoms with Crippen LogP contribution in [0.3, 0.4) is 0 Å². The highest BCUT2D eigenvalue weighted by Crippen LogP contribution is 2.48. The first-order valence-electron chi connectivity index (χ1n) is 12.5. The zero-order valence-corrected chi connectivity index (χ0v) is 17.6. The largest absolute Gasteiger partial charge is 0.212 e. The fraction of sp³-hybridized carbons (Fsp3) is 0.393. The molecular weight excluding hydrogens is 350 g/mol. The van der Waals surface area contributed by atoms with Gasteiger partial charge in [0.2, 0.25) is 5.69 Å². The Hall–Kier alpha value is -2.41. The summed E-state index contributed by atoms with van der Waals surface area (Å²) in [5.74, 6) is 0. The van der Waals surface area contributed by atoms with Crippen molar-refractivity contribution in [2.75, 3.05) is 0 Å². The van der Waals surface area contributed by atoms with Gasteiger partial charge in [0.15, 0.2) is 6.20 Å². The van der Waals surface area contributed by atoms with Crippen LogP contribution < -0.4 is 4.57 Å². The molecule has 1 fully saturated rings. The third kappa shape index (κ3) is 3.31. The van der Waals surface area contributed by atoms with Gasteiger partial charge in [0, 0.05) is 21.3 Å². The lowest BCUT2D eigenvalue weighted by Gasteiger charge is -2.33.